The van der Waals surface area contributed by atoms with Crippen molar-refractivity contribution in [1.29, 1.82) is 0 Å². The summed E-state index contributed by atoms with van der Waals surface area (Å²) in [5.41, 5.74) is 0.871. The zero-order valence-corrected chi connectivity index (χ0v) is 22.9. The smallest absolute Gasteiger partial charge is 0.318 e. The van der Waals surface area contributed by atoms with Crippen LogP contribution in [-0.2, 0) is 79.2 Å². The zero-order chi connectivity index (χ0) is 16.8. The summed E-state index contributed by atoms with van der Waals surface area (Å²) in [4.78, 5) is 23.9. The van der Waals surface area contributed by atoms with Crippen molar-refractivity contribution in [3.05, 3.63) is 96.1 Å². The van der Waals surface area contributed by atoms with E-state index in [-0.39, 0.29) is 79.2 Å². The van der Waals surface area contributed by atoms with Gasteiger partial charge in [0.2, 0.25) is 0 Å². The van der Waals surface area contributed by atoms with Crippen LogP contribution in [0.2, 0.25) is 0 Å². The van der Waals surface area contributed by atoms with E-state index in [1.807, 2.05) is 0 Å². The van der Waals surface area contributed by atoms with Gasteiger partial charge in [0.15, 0.2) is 0 Å². The third kappa shape index (κ3) is 8.66. The van der Waals surface area contributed by atoms with Gasteiger partial charge in [0.1, 0.15) is 11.5 Å². The van der Waals surface area contributed by atoms with Crippen molar-refractivity contribution in [3.63, 3.8) is 0 Å². The van der Waals surface area contributed by atoms with Gasteiger partial charge in [-0.3, -0.25) is 0 Å². The fourth-order valence-corrected chi connectivity index (χ4v) is 1.95. The average molecular weight is 786 g/mol. The summed E-state index contributed by atoms with van der Waals surface area (Å²) in [6.45, 7) is 0. The van der Waals surface area contributed by atoms with E-state index in [0.717, 1.165) is 0 Å². The van der Waals surface area contributed by atoms with Crippen molar-refractivity contribution in [2.45, 2.75) is 0 Å². The molecule has 4 nitrogen and oxygen atoms in total. The van der Waals surface area contributed by atoms with Gasteiger partial charge >= 0.3 is 11.9 Å². The van der Waals surface area contributed by atoms with Crippen LogP contribution >= 0.6 is 0 Å². The molecule has 3 rings (SSSR count). The summed E-state index contributed by atoms with van der Waals surface area (Å²) in [6, 6.07) is 25.0. The first-order valence-corrected chi connectivity index (χ1v) is 7.19. The maximum absolute atomic E-state index is 11.9. The molecule has 0 unspecified atom stereocenters. The second kappa shape index (κ2) is 15.0. The summed E-state index contributed by atoms with van der Waals surface area (Å²) in [7, 11) is 0. The van der Waals surface area contributed by atoms with Crippen LogP contribution in [-0.4, -0.2) is 11.9 Å². The Labute approximate surface area is 216 Å². The first kappa shape index (κ1) is 29.3. The van der Waals surface area contributed by atoms with Gasteiger partial charge < -0.3 is 9.47 Å². The number of esters is 2. The van der Waals surface area contributed by atoms with E-state index in [0.29, 0.717) is 22.6 Å². The molecule has 3 aromatic carbocycles. The predicted octanol–water partition coefficient (Wildman–Crippen LogP) is 3.72. The Balaban J connectivity index is 0. The Morgan fingerprint density at radius 1 is 0.571 bits per heavy atom. The standard InChI is InChI=1S/C20H12O4.2V.2W/c21-19(15-7-3-1-4-8-15)23-17-11-13-18(14-12-17)24-20(22)16-9-5-2-6-10-16;;;;/h3-14H;;;;/q-2;;;;. The monoisotopic (exact) mass is 786 g/mol. The first-order valence-electron chi connectivity index (χ1n) is 7.19. The summed E-state index contributed by atoms with van der Waals surface area (Å²) in [5.74, 6) is -0.201. The second-order valence-electron chi connectivity index (χ2n) is 4.83. The largest absolute Gasteiger partial charge is 0.424 e. The minimum absolute atomic E-state index is 0. The number of carbonyl (C=O) groups is 2. The molecule has 0 heterocycles. The van der Waals surface area contributed by atoms with Gasteiger partial charge in [-0.1, -0.05) is 0 Å². The molecule has 0 fully saturated rings. The Morgan fingerprint density at radius 2 is 0.857 bits per heavy atom. The van der Waals surface area contributed by atoms with Crippen LogP contribution in [0.15, 0.2) is 72.8 Å². The van der Waals surface area contributed by atoms with Crippen molar-refractivity contribution in [3.8, 4) is 11.5 Å². The van der Waals surface area contributed by atoms with Gasteiger partial charge in [0, 0.05) is 79.2 Å². The summed E-state index contributed by atoms with van der Waals surface area (Å²) < 4.78 is 10.5. The first-order chi connectivity index (χ1) is 11.7. The van der Waals surface area contributed by atoms with Crippen LogP contribution in [0.5, 0.6) is 11.5 Å². The normalized spacial score (nSPS) is 8.57. The van der Waals surface area contributed by atoms with Gasteiger partial charge in [0.25, 0.3) is 0 Å². The van der Waals surface area contributed by atoms with E-state index < -0.39 is 11.9 Å². The fraction of sp³-hybridized carbons (Fsp3) is 0. The zero-order valence-electron chi connectivity index (χ0n) is 14.3. The molecule has 140 valence electrons. The number of hydrogen-bond acceptors (Lipinski definition) is 4. The van der Waals surface area contributed by atoms with Crippen molar-refractivity contribution >= 4 is 11.9 Å². The molecule has 0 atom stereocenters. The molecule has 0 saturated heterocycles. The van der Waals surface area contributed by atoms with E-state index in [4.69, 9.17) is 9.47 Å². The van der Waals surface area contributed by atoms with Gasteiger partial charge in [-0.2, -0.15) is 60.7 Å². The molecular formula is C20H12O4V2W2-2. The molecule has 0 spiro atoms. The molecular weight excluding hydrogens is 774 g/mol. The molecule has 0 aliphatic heterocycles. The Kier molecular flexibility index (Phi) is 15.8. The van der Waals surface area contributed by atoms with Gasteiger partial charge in [-0.05, 0) is 35.4 Å². The molecule has 0 aliphatic rings. The van der Waals surface area contributed by atoms with Crippen LogP contribution in [0.1, 0.15) is 20.7 Å². The number of benzene rings is 3. The molecule has 0 aliphatic carbocycles. The van der Waals surface area contributed by atoms with Crippen LogP contribution < -0.4 is 9.47 Å². The van der Waals surface area contributed by atoms with Crippen molar-refractivity contribution in [2.75, 3.05) is 0 Å². The second-order valence-corrected chi connectivity index (χ2v) is 4.83. The van der Waals surface area contributed by atoms with Gasteiger partial charge in [0.05, 0.1) is 0 Å². The van der Waals surface area contributed by atoms with Crippen molar-refractivity contribution in [2.24, 2.45) is 0 Å². The van der Waals surface area contributed by atoms with E-state index in [2.05, 4.69) is 12.1 Å². The molecule has 28 heavy (non-hydrogen) atoms. The summed E-state index contributed by atoms with van der Waals surface area (Å²) in [5, 5.41) is 0. The number of hydrogen-bond donors (Lipinski definition) is 0. The summed E-state index contributed by atoms with van der Waals surface area (Å²) in [6.07, 6.45) is 0. The molecule has 0 bridgehead atoms. The fourth-order valence-electron chi connectivity index (χ4n) is 1.95. The number of rotatable bonds is 4. The summed E-state index contributed by atoms with van der Waals surface area (Å²) >= 11 is 0. The van der Waals surface area contributed by atoms with E-state index >= 15 is 0 Å². The molecule has 0 aromatic heterocycles. The Bertz CT molecular complexity index is 773. The van der Waals surface area contributed by atoms with Crippen LogP contribution in [0.3, 0.4) is 0 Å². The average Bonchev–Trinajstić information content (AvgIpc) is 2.65. The molecule has 0 amide bonds. The third-order valence-electron chi connectivity index (χ3n) is 3.15. The topological polar surface area (TPSA) is 52.6 Å². The quantitative estimate of drug-likeness (QED) is 0.230. The van der Waals surface area contributed by atoms with Crippen LogP contribution in [0.4, 0.5) is 0 Å². The van der Waals surface area contributed by atoms with E-state index in [1.54, 1.807) is 72.8 Å². The molecule has 0 N–H and O–H groups in total. The molecule has 8 heteroatoms. The van der Waals surface area contributed by atoms with E-state index in [1.165, 1.54) is 0 Å². The van der Waals surface area contributed by atoms with Gasteiger partial charge in [-0.15, -0.1) is 0 Å². The Morgan fingerprint density at radius 3 is 1.14 bits per heavy atom. The molecule has 3 aromatic rings. The van der Waals surface area contributed by atoms with Crippen LogP contribution in [0.25, 0.3) is 0 Å². The van der Waals surface area contributed by atoms with Crippen molar-refractivity contribution in [1.82, 2.24) is 0 Å². The molecule has 0 saturated carbocycles. The SMILES string of the molecule is O=C(Oc1ccc(OC(=O)c2cc[c-]cc2)cc1)c1cc[c-]cc1.[V].[V].[W].[W]. The van der Waals surface area contributed by atoms with E-state index in [9.17, 15) is 9.59 Å². The number of ether oxygens (including phenoxy) is 2. The minimum atomic E-state index is -0.464. The maximum Gasteiger partial charge on any atom is 0.318 e. The predicted molar refractivity (Wildman–Crippen MR) is 86.9 cm³/mol. The number of carbonyl (C=O) groups excluding carboxylic acids is 2. The minimum Gasteiger partial charge on any atom is -0.424 e. The molecule has 2 radical (unpaired) electrons. The third-order valence-corrected chi connectivity index (χ3v) is 3.15. The van der Waals surface area contributed by atoms with Crippen molar-refractivity contribution < 1.29 is 98.3 Å². The maximum atomic E-state index is 11.9. The van der Waals surface area contributed by atoms with Gasteiger partial charge in [-0.25, -0.2) is 9.59 Å². The van der Waals surface area contributed by atoms with Crippen LogP contribution in [0, 0.1) is 12.1 Å². The Hall–Kier alpha value is -0.855.